The number of pyridine rings is 1. The summed E-state index contributed by atoms with van der Waals surface area (Å²) in [4.78, 5) is 15.7. The summed E-state index contributed by atoms with van der Waals surface area (Å²) >= 11 is 0. The second-order valence-corrected chi connectivity index (χ2v) is 9.43. The topological polar surface area (TPSA) is 91.7 Å². The Morgan fingerprint density at radius 1 is 1.14 bits per heavy atom. The number of hydrogen-bond acceptors (Lipinski definition) is 4. The number of fused-ring (bicyclic) bond motifs is 1. The standard InChI is InChI=1S/C23H32N2O4/c1-22(2,3)16-6-9-18(10-7-16)29-20-12-5-15-13-17(8-11-19(15)24-20)23(4,14-26)25-21(27)28/h5,8,11-13,16,18,25-26H,6-7,9-10,14H2,1-4H3,(H,27,28)/t16-,18-,23-/m0/s1. The molecule has 0 aliphatic heterocycles. The minimum absolute atomic E-state index is 0.204. The van der Waals surface area contributed by atoms with Gasteiger partial charge in [-0.3, -0.25) is 0 Å². The van der Waals surface area contributed by atoms with Crippen LogP contribution in [0.5, 0.6) is 5.88 Å². The van der Waals surface area contributed by atoms with Crippen LogP contribution in [-0.2, 0) is 5.54 Å². The van der Waals surface area contributed by atoms with Crippen LogP contribution >= 0.6 is 0 Å². The Hall–Kier alpha value is -2.34. The number of aliphatic hydroxyl groups is 1. The van der Waals surface area contributed by atoms with Gasteiger partial charge in [-0.1, -0.05) is 26.8 Å². The zero-order valence-electron chi connectivity index (χ0n) is 17.7. The summed E-state index contributed by atoms with van der Waals surface area (Å²) in [5.74, 6) is 1.36. The Labute approximate surface area is 172 Å². The smallest absolute Gasteiger partial charge is 0.405 e. The average Bonchev–Trinajstić information content (AvgIpc) is 2.66. The Morgan fingerprint density at radius 3 is 2.41 bits per heavy atom. The predicted molar refractivity (Wildman–Crippen MR) is 113 cm³/mol. The van der Waals surface area contributed by atoms with Crippen LogP contribution in [0.25, 0.3) is 10.9 Å². The Kier molecular flexibility index (Phi) is 6.03. The molecule has 1 aliphatic carbocycles. The zero-order chi connectivity index (χ0) is 21.2. The number of rotatable bonds is 5. The molecule has 1 heterocycles. The van der Waals surface area contributed by atoms with Crippen LogP contribution in [0.3, 0.4) is 0 Å². The summed E-state index contributed by atoms with van der Waals surface area (Å²) in [6.45, 7) is 8.25. The number of nitrogens with zero attached hydrogens (tertiary/aromatic N) is 1. The highest BCUT2D eigenvalue weighted by atomic mass is 16.5. The van der Waals surface area contributed by atoms with Gasteiger partial charge >= 0.3 is 6.09 Å². The van der Waals surface area contributed by atoms with Gasteiger partial charge in [-0.25, -0.2) is 9.78 Å². The molecule has 29 heavy (non-hydrogen) atoms. The Bertz CT molecular complexity index is 869. The van der Waals surface area contributed by atoms with E-state index in [9.17, 15) is 9.90 Å². The van der Waals surface area contributed by atoms with Gasteiger partial charge in [0.25, 0.3) is 0 Å². The number of aromatic nitrogens is 1. The van der Waals surface area contributed by atoms with E-state index < -0.39 is 11.6 Å². The average molecular weight is 401 g/mol. The van der Waals surface area contributed by atoms with E-state index in [1.54, 1.807) is 13.0 Å². The van der Waals surface area contributed by atoms with E-state index >= 15 is 0 Å². The first-order chi connectivity index (χ1) is 13.6. The number of benzene rings is 1. The van der Waals surface area contributed by atoms with Crippen molar-refractivity contribution in [3.8, 4) is 5.88 Å². The molecule has 0 radical (unpaired) electrons. The molecule has 1 aliphatic rings. The van der Waals surface area contributed by atoms with Gasteiger partial charge in [0, 0.05) is 11.5 Å². The van der Waals surface area contributed by atoms with E-state index in [4.69, 9.17) is 9.84 Å². The molecule has 6 heteroatoms. The quantitative estimate of drug-likeness (QED) is 0.677. The number of carboxylic acid groups (broad SMARTS) is 1. The number of nitrogens with one attached hydrogen (secondary N) is 1. The van der Waals surface area contributed by atoms with E-state index in [0.29, 0.717) is 16.9 Å². The van der Waals surface area contributed by atoms with Crippen molar-refractivity contribution in [3.63, 3.8) is 0 Å². The van der Waals surface area contributed by atoms with E-state index in [2.05, 4.69) is 31.1 Å². The fourth-order valence-corrected chi connectivity index (χ4v) is 4.17. The van der Waals surface area contributed by atoms with Crippen LogP contribution in [0.15, 0.2) is 30.3 Å². The molecule has 1 aromatic carbocycles. The fraction of sp³-hybridized carbons (Fsp3) is 0.565. The first kappa shape index (κ1) is 21.4. The lowest BCUT2D eigenvalue weighted by atomic mass is 9.72. The number of ether oxygens (including phenoxy) is 1. The maximum Gasteiger partial charge on any atom is 0.405 e. The molecular weight excluding hydrogens is 368 g/mol. The third-order valence-electron chi connectivity index (χ3n) is 6.19. The number of amides is 1. The van der Waals surface area contributed by atoms with Gasteiger partial charge in [-0.05, 0) is 67.7 Å². The molecule has 0 saturated heterocycles. The molecule has 3 N–H and O–H groups in total. The van der Waals surface area contributed by atoms with E-state index in [1.165, 1.54) is 12.8 Å². The first-order valence-corrected chi connectivity index (χ1v) is 10.3. The van der Waals surface area contributed by atoms with Crippen LogP contribution in [0.2, 0.25) is 0 Å². The van der Waals surface area contributed by atoms with Gasteiger partial charge < -0.3 is 20.3 Å². The second kappa shape index (κ2) is 8.19. The molecule has 0 bridgehead atoms. The Balaban J connectivity index is 1.72. The summed E-state index contributed by atoms with van der Waals surface area (Å²) in [6, 6.07) is 9.28. The van der Waals surface area contributed by atoms with Crippen molar-refractivity contribution in [3.05, 3.63) is 35.9 Å². The summed E-state index contributed by atoms with van der Waals surface area (Å²) in [7, 11) is 0. The molecular formula is C23H32N2O4. The fourth-order valence-electron chi connectivity index (χ4n) is 4.17. The van der Waals surface area contributed by atoms with E-state index in [0.717, 1.165) is 29.7 Å². The molecule has 1 saturated carbocycles. The van der Waals surface area contributed by atoms with Crippen molar-refractivity contribution in [1.29, 1.82) is 0 Å². The maximum atomic E-state index is 11.1. The summed E-state index contributed by atoms with van der Waals surface area (Å²) in [5.41, 5.74) is 0.750. The normalized spacial score (nSPS) is 22.1. The summed E-state index contributed by atoms with van der Waals surface area (Å²) in [6.07, 6.45) is 3.50. The monoisotopic (exact) mass is 400 g/mol. The molecule has 0 spiro atoms. The molecule has 2 aromatic rings. The van der Waals surface area contributed by atoms with Gasteiger partial charge in [0.05, 0.1) is 17.7 Å². The number of hydrogen-bond donors (Lipinski definition) is 3. The summed E-state index contributed by atoms with van der Waals surface area (Å²) in [5, 5.41) is 22.0. The van der Waals surface area contributed by atoms with Gasteiger partial charge in [0.15, 0.2) is 0 Å². The van der Waals surface area contributed by atoms with Crippen LogP contribution < -0.4 is 10.1 Å². The summed E-state index contributed by atoms with van der Waals surface area (Å²) < 4.78 is 6.15. The van der Waals surface area contributed by atoms with Crippen molar-refractivity contribution in [2.24, 2.45) is 11.3 Å². The van der Waals surface area contributed by atoms with Crippen molar-refractivity contribution < 1.29 is 19.7 Å². The van der Waals surface area contributed by atoms with Crippen molar-refractivity contribution >= 4 is 17.0 Å². The van der Waals surface area contributed by atoms with Crippen LogP contribution in [0.4, 0.5) is 4.79 Å². The molecule has 3 rings (SSSR count). The first-order valence-electron chi connectivity index (χ1n) is 10.3. The van der Waals surface area contributed by atoms with E-state index in [-0.39, 0.29) is 12.7 Å². The van der Waals surface area contributed by atoms with Crippen molar-refractivity contribution in [2.45, 2.75) is 65.0 Å². The minimum Gasteiger partial charge on any atom is -0.474 e. The molecule has 6 nitrogen and oxygen atoms in total. The highest BCUT2D eigenvalue weighted by Crippen LogP contribution is 2.38. The predicted octanol–water partition coefficient (Wildman–Crippen LogP) is 4.69. The van der Waals surface area contributed by atoms with Gasteiger partial charge in [-0.2, -0.15) is 0 Å². The van der Waals surface area contributed by atoms with Gasteiger partial charge in [0.1, 0.15) is 6.10 Å². The second-order valence-electron chi connectivity index (χ2n) is 9.43. The minimum atomic E-state index is -1.18. The molecule has 0 unspecified atom stereocenters. The van der Waals surface area contributed by atoms with Gasteiger partial charge in [0.2, 0.25) is 5.88 Å². The molecule has 1 atom stereocenters. The number of carbonyl (C=O) groups is 1. The lowest BCUT2D eigenvalue weighted by Gasteiger charge is -2.36. The van der Waals surface area contributed by atoms with Gasteiger partial charge in [-0.15, -0.1) is 0 Å². The largest absolute Gasteiger partial charge is 0.474 e. The number of aliphatic hydroxyl groups excluding tert-OH is 1. The molecule has 158 valence electrons. The molecule has 1 amide bonds. The van der Waals surface area contributed by atoms with Crippen molar-refractivity contribution in [1.82, 2.24) is 10.3 Å². The van der Waals surface area contributed by atoms with Crippen LogP contribution in [0.1, 0.15) is 58.9 Å². The highest BCUT2D eigenvalue weighted by molar-refractivity contribution is 5.80. The third kappa shape index (κ3) is 4.99. The highest BCUT2D eigenvalue weighted by Gasteiger charge is 2.31. The van der Waals surface area contributed by atoms with E-state index in [1.807, 2.05) is 24.3 Å². The molecule has 1 fully saturated rings. The SMILES string of the molecule is CC(C)(C)[C@H]1CC[C@H](Oc2ccc3cc([C@](C)(CO)NC(=O)O)ccc3n2)CC1. The molecule has 1 aromatic heterocycles. The maximum absolute atomic E-state index is 11.1. The lowest BCUT2D eigenvalue weighted by molar-refractivity contribution is 0.0854. The zero-order valence-corrected chi connectivity index (χ0v) is 17.7. The van der Waals surface area contributed by atoms with Crippen LogP contribution in [0, 0.1) is 11.3 Å². The Morgan fingerprint density at radius 2 is 1.83 bits per heavy atom. The van der Waals surface area contributed by atoms with Crippen molar-refractivity contribution in [2.75, 3.05) is 6.61 Å². The van der Waals surface area contributed by atoms with Crippen LogP contribution in [-0.4, -0.2) is 34.0 Å². The lowest BCUT2D eigenvalue weighted by Crippen LogP contribution is -2.45. The third-order valence-corrected chi connectivity index (χ3v) is 6.19.